The van der Waals surface area contributed by atoms with Gasteiger partial charge in [-0.05, 0) is 43.5 Å². The van der Waals surface area contributed by atoms with Crippen LogP contribution in [0.2, 0.25) is 5.02 Å². The van der Waals surface area contributed by atoms with Gasteiger partial charge in [-0.2, -0.15) is 5.10 Å². The largest absolute Gasteiger partial charge is 0.493 e. The molecule has 0 saturated carbocycles. The molecule has 2 fully saturated rings. The van der Waals surface area contributed by atoms with E-state index in [4.69, 9.17) is 21.1 Å². The van der Waals surface area contributed by atoms with E-state index in [1.54, 1.807) is 0 Å². The summed E-state index contributed by atoms with van der Waals surface area (Å²) in [7, 11) is 1.94. The van der Waals surface area contributed by atoms with E-state index in [1.165, 1.54) is 6.42 Å². The van der Waals surface area contributed by atoms with Gasteiger partial charge < -0.3 is 14.4 Å². The third-order valence-electron chi connectivity index (χ3n) is 5.97. The molecule has 0 bridgehead atoms. The molecule has 0 aliphatic carbocycles. The molecule has 8 heteroatoms. The van der Waals surface area contributed by atoms with Crippen molar-refractivity contribution in [2.45, 2.75) is 31.8 Å². The van der Waals surface area contributed by atoms with Crippen LogP contribution in [0.25, 0.3) is 0 Å². The number of rotatable bonds is 7. The molecule has 1 aromatic carbocycles. The smallest absolute Gasteiger partial charge is 0.236 e. The fourth-order valence-corrected chi connectivity index (χ4v) is 4.39. The lowest BCUT2D eigenvalue weighted by Crippen LogP contribution is -2.46. The average Bonchev–Trinajstić information content (AvgIpc) is 3.15. The van der Waals surface area contributed by atoms with Crippen molar-refractivity contribution in [2.75, 3.05) is 45.9 Å². The highest BCUT2D eigenvalue weighted by molar-refractivity contribution is 6.30. The van der Waals surface area contributed by atoms with Crippen LogP contribution in [0.15, 0.2) is 30.3 Å². The summed E-state index contributed by atoms with van der Waals surface area (Å²) in [6, 6.07) is 9.50. The number of amides is 1. The van der Waals surface area contributed by atoms with Gasteiger partial charge in [0.05, 0.1) is 25.5 Å². The minimum Gasteiger partial charge on any atom is -0.493 e. The van der Waals surface area contributed by atoms with E-state index in [0.717, 1.165) is 56.0 Å². The zero-order valence-corrected chi connectivity index (χ0v) is 18.9. The van der Waals surface area contributed by atoms with Crippen LogP contribution in [-0.2, 0) is 23.0 Å². The second kappa shape index (κ2) is 10.5. The van der Waals surface area contributed by atoms with Crippen LogP contribution in [0.3, 0.4) is 0 Å². The topological polar surface area (TPSA) is 59.8 Å². The molecule has 3 heterocycles. The van der Waals surface area contributed by atoms with Crippen molar-refractivity contribution in [1.29, 1.82) is 0 Å². The lowest BCUT2D eigenvalue weighted by molar-refractivity contribution is -0.135. The number of hydrogen-bond acceptors (Lipinski definition) is 5. The molecule has 2 aliphatic heterocycles. The van der Waals surface area contributed by atoms with Crippen molar-refractivity contribution in [3.63, 3.8) is 0 Å². The molecule has 168 valence electrons. The maximum atomic E-state index is 12.6. The molecule has 2 saturated heterocycles. The first kappa shape index (κ1) is 22.1. The number of carbonyl (C=O) groups is 1. The third kappa shape index (κ3) is 5.99. The van der Waals surface area contributed by atoms with Crippen LogP contribution in [0, 0.1) is 0 Å². The Morgan fingerprint density at radius 3 is 2.87 bits per heavy atom. The predicted molar refractivity (Wildman–Crippen MR) is 119 cm³/mol. The van der Waals surface area contributed by atoms with Crippen LogP contribution in [0.5, 0.6) is 5.75 Å². The van der Waals surface area contributed by atoms with Gasteiger partial charge in [0.25, 0.3) is 0 Å². The van der Waals surface area contributed by atoms with E-state index < -0.39 is 0 Å². The number of likely N-dealkylation sites (tertiary alicyclic amines) is 1. The summed E-state index contributed by atoms with van der Waals surface area (Å²) in [6.45, 7) is 4.88. The summed E-state index contributed by atoms with van der Waals surface area (Å²) in [4.78, 5) is 16.8. The van der Waals surface area contributed by atoms with Gasteiger partial charge in [-0.3, -0.25) is 14.4 Å². The SMILES string of the molecule is Cn1nc([C@H]2CN(CC(=O)N3CCCCC3)CCO2)cc1CCOc1cccc(Cl)c1. The predicted octanol–water partition coefficient (Wildman–Crippen LogP) is 3.08. The second-order valence-corrected chi connectivity index (χ2v) is 8.71. The summed E-state index contributed by atoms with van der Waals surface area (Å²) in [5.74, 6) is 1.000. The Kier molecular flexibility index (Phi) is 7.48. The summed E-state index contributed by atoms with van der Waals surface area (Å²) in [5, 5.41) is 5.34. The van der Waals surface area contributed by atoms with Crippen LogP contribution in [0.4, 0.5) is 0 Å². The van der Waals surface area contributed by atoms with Crippen LogP contribution >= 0.6 is 11.6 Å². The Morgan fingerprint density at radius 1 is 1.23 bits per heavy atom. The molecule has 0 unspecified atom stereocenters. The maximum Gasteiger partial charge on any atom is 0.236 e. The van der Waals surface area contributed by atoms with Crippen molar-refractivity contribution < 1.29 is 14.3 Å². The quantitative estimate of drug-likeness (QED) is 0.654. The van der Waals surface area contributed by atoms with Crippen molar-refractivity contribution in [2.24, 2.45) is 7.05 Å². The highest BCUT2D eigenvalue weighted by Crippen LogP contribution is 2.23. The number of halogens is 1. The number of aryl methyl sites for hydroxylation is 1. The van der Waals surface area contributed by atoms with E-state index in [2.05, 4.69) is 16.1 Å². The fraction of sp³-hybridized carbons (Fsp3) is 0.565. The molecule has 0 radical (unpaired) electrons. The number of morpholine rings is 1. The normalized spacial score (nSPS) is 20.1. The summed E-state index contributed by atoms with van der Waals surface area (Å²) in [6.07, 6.45) is 4.09. The molecule has 2 aromatic rings. The Hall–Kier alpha value is -2.09. The first-order valence-electron chi connectivity index (χ1n) is 11.1. The molecule has 2 aliphatic rings. The third-order valence-corrected chi connectivity index (χ3v) is 6.20. The van der Waals surface area contributed by atoms with Gasteiger partial charge in [0.1, 0.15) is 11.9 Å². The molecule has 0 N–H and O–H groups in total. The fourth-order valence-electron chi connectivity index (χ4n) is 4.21. The van der Waals surface area contributed by atoms with Crippen LogP contribution < -0.4 is 4.74 Å². The van der Waals surface area contributed by atoms with Crippen LogP contribution in [0.1, 0.15) is 36.8 Å². The number of hydrogen-bond donors (Lipinski definition) is 0. The molecule has 31 heavy (non-hydrogen) atoms. The number of benzene rings is 1. The molecule has 1 amide bonds. The minimum atomic E-state index is -0.114. The highest BCUT2D eigenvalue weighted by atomic mass is 35.5. The molecule has 1 atom stereocenters. The van der Waals surface area contributed by atoms with Gasteiger partial charge >= 0.3 is 0 Å². The van der Waals surface area contributed by atoms with Gasteiger partial charge in [-0.25, -0.2) is 0 Å². The molecular weight excluding hydrogens is 416 g/mol. The zero-order chi connectivity index (χ0) is 21.6. The first-order valence-corrected chi connectivity index (χ1v) is 11.5. The molecular formula is C23H31ClN4O3. The van der Waals surface area contributed by atoms with Crippen LogP contribution in [-0.4, -0.2) is 71.4 Å². The summed E-state index contributed by atoms with van der Waals surface area (Å²) in [5.41, 5.74) is 2.00. The van der Waals surface area contributed by atoms with Gasteiger partial charge in [0.2, 0.25) is 5.91 Å². The van der Waals surface area contributed by atoms with E-state index in [0.29, 0.717) is 31.3 Å². The van der Waals surface area contributed by atoms with Gasteiger partial charge in [0, 0.05) is 50.4 Å². The van der Waals surface area contributed by atoms with E-state index in [1.807, 2.05) is 40.9 Å². The van der Waals surface area contributed by atoms with Crippen molar-refractivity contribution in [1.82, 2.24) is 19.6 Å². The van der Waals surface area contributed by atoms with E-state index in [9.17, 15) is 4.79 Å². The lowest BCUT2D eigenvalue weighted by atomic mass is 10.1. The van der Waals surface area contributed by atoms with E-state index in [-0.39, 0.29) is 12.0 Å². The number of aromatic nitrogens is 2. The Morgan fingerprint density at radius 2 is 2.06 bits per heavy atom. The zero-order valence-electron chi connectivity index (χ0n) is 18.1. The first-order chi connectivity index (χ1) is 15.1. The van der Waals surface area contributed by atoms with Gasteiger partial charge in [-0.15, -0.1) is 0 Å². The Labute approximate surface area is 188 Å². The Bertz CT molecular complexity index is 881. The summed E-state index contributed by atoms with van der Waals surface area (Å²) >= 11 is 6.01. The average molecular weight is 447 g/mol. The second-order valence-electron chi connectivity index (χ2n) is 8.28. The van der Waals surface area contributed by atoms with Gasteiger partial charge in [0.15, 0.2) is 0 Å². The summed E-state index contributed by atoms with van der Waals surface area (Å²) < 4.78 is 13.7. The number of nitrogens with zero attached hydrogens (tertiary/aromatic N) is 4. The maximum absolute atomic E-state index is 12.6. The Balaban J connectivity index is 1.30. The highest BCUT2D eigenvalue weighted by Gasteiger charge is 2.27. The van der Waals surface area contributed by atoms with Crippen molar-refractivity contribution in [3.05, 3.63) is 46.7 Å². The molecule has 4 rings (SSSR count). The number of ether oxygens (including phenoxy) is 2. The lowest BCUT2D eigenvalue weighted by Gasteiger charge is -2.34. The molecule has 1 aromatic heterocycles. The van der Waals surface area contributed by atoms with Crippen molar-refractivity contribution >= 4 is 17.5 Å². The standard InChI is InChI=1S/C23H31ClN4O3/c1-26-19(8-12-30-20-7-5-6-18(24)14-20)15-21(25-26)22-16-27(11-13-31-22)17-23(29)28-9-3-2-4-10-28/h5-7,14-15,22H,2-4,8-13,16-17H2,1H3/t22-/m1/s1. The van der Waals surface area contributed by atoms with Gasteiger partial charge in [-0.1, -0.05) is 17.7 Å². The van der Waals surface area contributed by atoms with E-state index >= 15 is 0 Å². The molecule has 0 spiro atoms. The minimum absolute atomic E-state index is 0.114. The number of carbonyl (C=O) groups excluding carboxylic acids is 1. The molecule has 7 nitrogen and oxygen atoms in total. The van der Waals surface area contributed by atoms with Crippen molar-refractivity contribution in [3.8, 4) is 5.75 Å². The number of piperidine rings is 1. The monoisotopic (exact) mass is 446 g/mol.